The van der Waals surface area contributed by atoms with Crippen LogP contribution in [-0.2, 0) is 6.54 Å². The van der Waals surface area contributed by atoms with E-state index >= 15 is 0 Å². The highest BCUT2D eigenvalue weighted by Crippen LogP contribution is 2.20. The Hall–Kier alpha value is -3.12. The molecule has 0 aliphatic heterocycles. The predicted octanol–water partition coefficient (Wildman–Crippen LogP) is 3.89. The monoisotopic (exact) mass is 392 g/mol. The minimum atomic E-state index is -0.357. The maximum atomic E-state index is 13.4. The molecule has 0 spiro atoms. The number of ether oxygens (including phenoxy) is 1. The number of benzene rings is 2. The molecule has 0 unspecified atom stereocenters. The van der Waals surface area contributed by atoms with Crippen molar-refractivity contribution in [3.05, 3.63) is 91.4 Å². The Bertz CT molecular complexity index is 1300. The Morgan fingerprint density at radius 3 is 2.61 bits per heavy atom. The van der Waals surface area contributed by atoms with E-state index in [2.05, 4.69) is 6.07 Å². The van der Waals surface area contributed by atoms with E-state index in [4.69, 9.17) is 4.74 Å². The lowest BCUT2D eigenvalue weighted by atomic mass is 10.1. The van der Waals surface area contributed by atoms with Crippen molar-refractivity contribution in [1.29, 1.82) is 0 Å². The highest BCUT2D eigenvalue weighted by molar-refractivity contribution is 7.17. The summed E-state index contributed by atoms with van der Waals surface area (Å²) in [4.78, 5) is 26.4. The lowest BCUT2D eigenvalue weighted by Crippen LogP contribution is -2.38. The van der Waals surface area contributed by atoms with Crippen LogP contribution in [0, 0.1) is 13.8 Å². The second-order valence-corrected chi connectivity index (χ2v) is 7.69. The second kappa shape index (κ2) is 7.13. The van der Waals surface area contributed by atoms with E-state index in [9.17, 15) is 9.59 Å². The molecule has 0 aliphatic carbocycles. The molecule has 0 atom stereocenters. The molecule has 0 radical (unpaired) electrons. The third-order valence-electron chi connectivity index (χ3n) is 4.89. The molecule has 4 rings (SSSR count). The van der Waals surface area contributed by atoms with Gasteiger partial charge in [0.05, 0.1) is 24.9 Å². The number of nitrogens with zero attached hydrogens (tertiary/aromatic N) is 2. The summed E-state index contributed by atoms with van der Waals surface area (Å²) >= 11 is 1.35. The quantitative estimate of drug-likeness (QED) is 0.529. The van der Waals surface area contributed by atoms with E-state index in [1.165, 1.54) is 21.5 Å². The summed E-state index contributed by atoms with van der Waals surface area (Å²) in [6.07, 6.45) is 0. The van der Waals surface area contributed by atoms with Crippen LogP contribution in [0.15, 0.2) is 63.5 Å². The molecule has 0 fully saturated rings. The second-order valence-electron chi connectivity index (χ2n) is 6.78. The van der Waals surface area contributed by atoms with Crippen molar-refractivity contribution < 1.29 is 4.74 Å². The predicted molar refractivity (Wildman–Crippen MR) is 113 cm³/mol. The molecular weight excluding hydrogens is 372 g/mol. The normalized spacial score (nSPS) is 11.1. The number of rotatable bonds is 4. The van der Waals surface area contributed by atoms with Crippen LogP contribution in [0.2, 0.25) is 0 Å². The molecule has 0 N–H and O–H groups in total. The van der Waals surface area contributed by atoms with Gasteiger partial charge in [-0.25, -0.2) is 9.36 Å². The van der Waals surface area contributed by atoms with Crippen LogP contribution in [0.4, 0.5) is 0 Å². The van der Waals surface area contributed by atoms with Crippen LogP contribution >= 0.6 is 11.3 Å². The molecule has 4 aromatic rings. The molecule has 2 aromatic heterocycles. The van der Waals surface area contributed by atoms with Crippen molar-refractivity contribution in [2.45, 2.75) is 20.4 Å². The highest BCUT2D eigenvalue weighted by Gasteiger charge is 2.16. The third kappa shape index (κ3) is 3.05. The van der Waals surface area contributed by atoms with Gasteiger partial charge in [-0.05, 0) is 48.6 Å². The minimum absolute atomic E-state index is 0.305. The molecule has 0 bridgehead atoms. The van der Waals surface area contributed by atoms with Gasteiger partial charge in [-0.15, -0.1) is 11.3 Å². The summed E-state index contributed by atoms with van der Waals surface area (Å²) in [5.74, 6) is 0.594. The van der Waals surface area contributed by atoms with Crippen LogP contribution < -0.4 is 16.0 Å². The number of thiophene rings is 1. The Labute approximate surface area is 166 Å². The van der Waals surface area contributed by atoms with Gasteiger partial charge in [0.25, 0.3) is 5.56 Å². The van der Waals surface area contributed by atoms with Crippen molar-refractivity contribution in [3.8, 4) is 11.4 Å². The largest absolute Gasteiger partial charge is 0.497 e. The third-order valence-corrected chi connectivity index (χ3v) is 5.78. The number of fused-ring (bicyclic) bond motifs is 1. The number of methoxy groups -OCH3 is 1. The Balaban J connectivity index is 1.98. The first kappa shape index (κ1) is 18.3. The number of aryl methyl sites for hydroxylation is 2. The lowest BCUT2D eigenvalue weighted by molar-refractivity contribution is 0.414. The first-order chi connectivity index (χ1) is 13.5. The van der Waals surface area contributed by atoms with E-state index < -0.39 is 0 Å². The molecule has 0 amide bonds. The summed E-state index contributed by atoms with van der Waals surface area (Å²) < 4.78 is 8.72. The topological polar surface area (TPSA) is 53.2 Å². The Kier molecular flexibility index (Phi) is 4.65. The SMILES string of the molecule is COc1cccc(-n2c(=O)c3sccc3n(Cc3ccc(C)cc3C)c2=O)c1. The molecule has 0 saturated heterocycles. The van der Waals surface area contributed by atoms with Gasteiger partial charge in [0, 0.05) is 6.07 Å². The fraction of sp³-hybridized carbons (Fsp3) is 0.182. The van der Waals surface area contributed by atoms with E-state index in [0.29, 0.717) is 28.2 Å². The molecule has 28 heavy (non-hydrogen) atoms. The molecule has 0 saturated carbocycles. The molecule has 2 aromatic carbocycles. The van der Waals surface area contributed by atoms with Crippen LogP contribution in [0.3, 0.4) is 0 Å². The molecule has 0 aliphatic rings. The fourth-order valence-electron chi connectivity index (χ4n) is 3.41. The van der Waals surface area contributed by atoms with Crippen LogP contribution in [0.5, 0.6) is 5.75 Å². The van der Waals surface area contributed by atoms with Gasteiger partial charge in [0.2, 0.25) is 0 Å². The Morgan fingerprint density at radius 2 is 1.86 bits per heavy atom. The van der Waals surface area contributed by atoms with Gasteiger partial charge in [0.1, 0.15) is 10.4 Å². The van der Waals surface area contributed by atoms with E-state index in [1.807, 2.05) is 37.4 Å². The van der Waals surface area contributed by atoms with Gasteiger partial charge < -0.3 is 4.74 Å². The molecule has 2 heterocycles. The summed E-state index contributed by atoms with van der Waals surface area (Å²) in [5.41, 5.74) is 3.85. The number of hydrogen-bond acceptors (Lipinski definition) is 4. The van der Waals surface area contributed by atoms with Gasteiger partial charge >= 0.3 is 5.69 Å². The highest BCUT2D eigenvalue weighted by atomic mass is 32.1. The van der Waals surface area contributed by atoms with Gasteiger partial charge in [-0.2, -0.15) is 0 Å². The zero-order valence-electron chi connectivity index (χ0n) is 15.9. The van der Waals surface area contributed by atoms with Crippen molar-refractivity contribution in [3.63, 3.8) is 0 Å². The van der Waals surface area contributed by atoms with Gasteiger partial charge in [-0.3, -0.25) is 9.36 Å². The zero-order chi connectivity index (χ0) is 19.8. The van der Waals surface area contributed by atoms with Crippen LogP contribution in [-0.4, -0.2) is 16.2 Å². The van der Waals surface area contributed by atoms with Gasteiger partial charge in [-0.1, -0.05) is 29.8 Å². The molecule has 5 nitrogen and oxygen atoms in total. The standard InChI is InChI=1S/C22H20N2O3S/c1-14-7-8-16(15(2)11-14)13-23-19-9-10-28-20(19)21(25)24(22(23)26)17-5-4-6-18(12-17)27-3/h4-12H,13H2,1-3H3. The van der Waals surface area contributed by atoms with Crippen molar-refractivity contribution in [2.75, 3.05) is 7.11 Å². The molecule has 142 valence electrons. The maximum Gasteiger partial charge on any atom is 0.336 e. The molecule has 6 heteroatoms. The van der Waals surface area contributed by atoms with Crippen LogP contribution in [0.25, 0.3) is 15.9 Å². The average Bonchev–Trinajstić information content (AvgIpc) is 3.17. The summed E-state index contributed by atoms with van der Waals surface area (Å²) in [7, 11) is 1.56. The van der Waals surface area contributed by atoms with Crippen molar-refractivity contribution in [2.24, 2.45) is 0 Å². The lowest BCUT2D eigenvalue weighted by Gasteiger charge is -2.14. The van der Waals surface area contributed by atoms with E-state index in [0.717, 1.165) is 11.1 Å². The maximum absolute atomic E-state index is 13.4. The molecular formula is C22H20N2O3S. The first-order valence-corrected chi connectivity index (χ1v) is 9.81. The zero-order valence-corrected chi connectivity index (χ0v) is 16.7. The summed E-state index contributed by atoms with van der Waals surface area (Å²) in [6.45, 7) is 4.49. The minimum Gasteiger partial charge on any atom is -0.497 e. The van der Waals surface area contributed by atoms with Gasteiger partial charge in [0.15, 0.2) is 0 Å². The Morgan fingerprint density at radius 1 is 1.04 bits per heavy atom. The van der Waals surface area contributed by atoms with E-state index in [1.54, 1.807) is 35.9 Å². The average molecular weight is 392 g/mol. The fourth-order valence-corrected chi connectivity index (χ4v) is 4.23. The summed E-state index contributed by atoms with van der Waals surface area (Å²) in [6, 6.07) is 15.0. The smallest absolute Gasteiger partial charge is 0.336 e. The van der Waals surface area contributed by atoms with Crippen molar-refractivity contribution >= 4 is 21.6 Å². The first-order valence-electron chi connectivity index (χ1n) is 8.93. The van der Waals surface area contributed by atoms with Crippen LogP contribution in [0.1, 0.15) is 16.7 Å². The number of aromatic nitrogens is 2. The number of hydrogen-bond donors (Lipinski definition) is 0. The van der Waals surface area contributed by atoms with E-state index in [-0.39, 0.29) is 11.2 Å². The van der Waals surface area contributed by atoms with Crippen molar-refractivity contribution in [1.82, 2.24) is 9.13 Å². The summed E-state index contributed by atoms with van der Waals surface area (Å²) in [5, 5.41) is 1.85.